The van der Waals surface area contributed by atoms with Crippen molar-refractivity contribution >= 4 is 19.4 Å². The van der Waals surface area contributed by atoms with Crippen LogP contribution in [-0.2, 0) is 13.8 Å². The van der Waals surface area contributed by atoms with Gasteiger partial charge in [0.25, 0.3) is 5.56 Å². The molecule has 1 aliphatic rings. The Balaban J connectivity index is 1.83. The summed E-state index contributed by atoms with van der Waals surface area (Å²) in [6.45, 7) is 1.29. The second-order valence-corrected chi connectivity index (χ2v) is 8.13. The molecule has 2 N–H and O–H groups in total. The molecule has 0 amide bonds. The largest absolute Gasteiger partial charge is 0.527 e. The Morgan fingerprint density at radius 3 is 2.90 bits per heavy atom. The predicted octanol–water partition coefficient (Wildman–Crippen LogP) is 2.66. The second-order valence-electron chi connectivity index (χ2n) is 6.39. The number of H-pyrrole nitrogens is 1. The first-order valence-electron chi connectivity index (χ1n) is 8.64. The Hall–Kier alpha value is -2.59. The van der Waals surface area contributed by atoms with Gasteiger partial charge in [-0.3, -0.25) is 23.8 Å². The highest BCUT2D eigenvalue weighted by molar-refractivity contribution is 7.47. The zero-order valence-electron chi connectivity index (χ0n) is 15.5. The van der Waals surface area contributed by atoms with Gasteiger partial charge in [-0.15, -0.1) is 0 Å². The van der Waals surface area contributed by atoms with Gasteiger partial charge in [-0.2, -0.15) is 0 Å². The summed E-state index contributed by atoms with van der Waals surface area (Å²) in [6.07, 6.45) is -1.68. The fourth-order valence-corrected chi connectivity index (χ4v) is 4.14. The number of nitrogens with one attached hydrogen (secondary N) is 1. The lowest BCUT2D eigenvalue weighted by molar-refractivity contribution is -0.0147. The Bertz CT molecular complexity index is 1150. The van der Waals surface area contributed by atoms with Gasteiger partial charge in [0.2, 0.25) is 0 Å². The summed E-state index contributed by atoms with van der Waals surface area (Å²) in [5, 5.41) is 3.52. The van der Waals surface area contributed by atoms with Gasteiger partial charge in [0.1, 0.15) is 18.1 Å². The van der Waals surface area contributed by atoms with Crippen LogP contribution in [0.4, 0.5) is 0 Å². The fourth-order valence-electron chi connectivity index (χ4n) is 2.90. The van der Waals surface area contributed by atoms with Crippen LogP contribution in [0.2, 0.25) is 5.02 Å². The van der Waals surface area contributed by atoms with E-state index < -0.39 is 37.5 Å². The molecule has 1 fully saturated rings. The molecule has 14 heteroatoms. The topological polar surface area (TPSA) is 169 Å². The third kappa shape index (κ3) is 5.11. The number of aromatic nitrogens is 2. The SMILES string of the molecule is Cc1cn([C@H]2C[C@H](OP(=O)(O)Oc3ccccc3Cl)[C@@H](CN=[N+]=[N-])O2)c(=O)[nH]c1=O. The molecule has 30 heavy (non-hydrogen) atoms. The molecule has 0 aliphatic carbocycles. The number of phosphoric ester groups is 1. The van der Waals surface area contributed by atoms with Crippen molar-refractivity contribution in [3.63, 3.8) is 0 Å². The van der Waals surface area contributed by atoms with E-state index in [1.807, 2.05) is 0 Å². The first kappa shape index (κ1) is 22.1. The average molecular weight is 458 g/mol. The maximum absolute atomic E-state index is 12.5. The molecule has 1 unspecified atom stereocenters. The van der Waals surface area contributed by atoms with E-state index in [4.69, 9.17) is 30.9 Å². The molecule has 1 aromatic carbocycles. The number of azide groups is 1. The molecular weight excluding hydrogens is 441 g/mol. The van der Waals surface area contributed by atoms with E-state index in [-0.39, 0.29) is 29.3 Å². The maximum Gasteiger partial charge on any atom is 0.527 e. The number of aryl methyl sites for hydroxylation is 1. The summed E-state index contributed by atoms with van der Waals surface area (Å²) in [7, 11) is -4.65. The first-order valence-corrected chi connectivity index (χ1v) is 10.5. The standard InChI is InChI=1S/C16H17ClN5O7P/c1-9-8-22(16(24)20-15(9)23)14-6-12(13(27-14)7-19-21-18)29-30(25,26)28-11-5-3-2-4-10(11)17/h2-5,8,12-14H,6-7H2,1H3,(H,25,26)(H,20,23,24)/t12-,13+,14+/m0/s1. The summed E-state index contributed by atoms with van der Waals surface area (Å²) in [6, 6.07) is 6.04. The average Bonchev–Trinajstić information content (AvgIpc) is 3.06. The zero-order chi connectivity index (χ0) is 21.9. The molecule has 2 aromatic rings. The second kappa shape index (κ2) is 9.05. The van der Waals surface area contributed by atoms with Gasteiger partial charge >= 0.3 is 13.5 Å². The van der Waals surface area contributed by atoms with Gasteiger partial charge in [0.15, 0.2) is 0 Å². The minimum Gasteiger partial charge on any atom is -0.403 e. The van der Waals surface area contributed by atoms with Crippen molar-refractivity contribution < 1.29 is 23.2 Å². The Morgan fingerprint density at radius 1 is 1.47 bits per heavy atom. The van der Waals surface area contributed by atoms with Crippen LogP contribution in [0.5, 0.6) is 5.75 Å². The predicted molar refractivity (Wildman–Crippen MR) is 105 cm³/mol. The monoisotopic (exact) mass is 457 g/mol. The van der Waals surface area contributed by atoms with Crippen molar-refractivity contribution in [2.45, 2.75) is 31.8 Å². The number of hydrogen-bond donors (Lipinski definition) is 2. The maximum atomic E-state index is 12.5. The van der Waals surface area contributed by atoms with Crippen LogP contribution >= 0.6 is 19.4 Å². The summed E-state index contributed by atoms with van der Waals surface area (Å²) in [5.74, 6) is -0.0560. The highest BCUT2D eigenvalue weighted by Crippen LogP contribution is 2.49. The number of ether oxygens (including phenoxy) is 1. The summed E-state index contributed by atoms with van der Waals surface area (Å²) in [4.78, 5) is 38.7. The van der Waals surface area contributed by atoms with E-state index in [1.165, 1.54) is 25.3 Å². The summed E-state index contributed by atoms with van der Waals surface area (Å²) in [5.41, 5.74) is 7.59. The van der Waals surface area contributed by atoms with Crippen molar-refractivity contribution in [3.05, 3.63) is 72.3 Å². The number of hydrogen-bond acceptors (Lipinski definition) is 7. The minimum absolute atomic E-state index is 0.0482. The molecule has 1 aromatic heterocycles. The Morgan fingerprint density at radius 2 is 2.20 bits per heavy atom. The number of phosphoric acid groups is 1. The first-order chi connectivity index (χ1) is 14.2. The number of rotatable bonds is 7. The van der Waals surface area contributed by atoms with E-state index in [9.17, 15) is 19.0 Å². The van der Waals surface area contributed by atoms with Crippen LogP contribution in [0.3, 0.4) is 0 Å². The van der Waals surface area contributed by atoms with Gasteiger partial charge in [0.05, 0.1) is 17.7 Å². The molecular formula is C16H17ClN5O7P. The third-order valence-corrected chi connectivity index (χ3v) is 5.56. The highest BCUT2D eigenvalue weighted by Gasteiger charge is 2.42. The van der Waals surface area contributed by atoms with E-state index >= 15 is 0 Å². The lowest BCUT2D eigenvalue weighted by Gasteiger charge is -2.20. The molecule has 0 saturated carbocycles. The molecule has 2 heterocycles. The molecule has 160 valence electrons. The van der Waals surface area contributed by atoms with Crippen molar-refractivity contribution in [1.82, 2.24) is 9.55 Å². The molecule has 4 atom stereocenters. The number of aromatic amines is 1. The number of nitrogens with zero attached hydrogens (tertiary/aromatic N) is 4. The molecule has 0 radical (unpaired) electrons. The normalized spacial score (nSPS) is 22.8. The Kier molecular flexibility index (Phi) is 6.67. The van der Waals surface area contributed by atoms with Gasteiger partial charge in [-0.25, -0.2) is 9.36 Å². The van der Waals surface area contributed by atoms with Crippen molar-refractivity contribution in [2.24, 2.45) is 5.11 Å². The Labute approximate surface area is 174 Å². The molecule has 12 nitrogen and oxygen atoms in total. The molecule has 0 bridgehead atoms. The number of para-hydroxylation sites is 1. The lowest BCUT2D eigenvalue weighted by atomic mass is 10.2. The smallest absolute Gasteiger partial charge is 0.403 e. The molecule has 0 spiro atoms. The fraction of sp³-hybridized carbons (Fsp3) is 0.375. The van der Waals surface area contributed by atoms with Crippen LogP contribution in [0.25, 0.3) is 10.4 Å². The van der Waals surface area contributed by atoms with Crippen LogP contribution in [0, 0.1) is 6.92 Å². The van der Waals surface area contributed by atoms with Crippen molar-refractivity contribution in [3.8, 4) is 5.75 Å². The summed E-state index contributed by atoms with van der Waals surface area (Å²) >= 11 is 5.93. The van der Waals surface area contributed by atoms with Crippen molar-refractivity contribution in [1.29, 1.82) is 0 Å². The third-order valence-electron chi connectivity index (χ3n) is 4.28. The van der Waals surface area contributed by atoms with E-state index in [0.717, 1.165) is 4.57 Å². The zero-order valence-corrected chi connectivity index (χ0v) is 17.2. The van der Waals surface area contributed by atoms with E-state index in [0.29, 0.717) is 0 Å². The van der Waals surface area contributed by atoms with Gasteiger partial charge in [-0.05, 0) is 24.6 Å². The molecule has 1 saturated heterocycles. The lowest BCUT2D eigenvalue weighted by Crippen LogP contribution is -2.33. The molecule has 1 aliphatic heterocycles. The van der Waals surface area contributed by atoms with Gasteiger partial charge < -0.3 is 9.26 Å². The van der Waals surface area contributed by atoms with Crippen LogP contribution < -0.4 is 15.8 Å². The van der Waals surface area contributed by atoms with Gasteiger partial charge in [-0.1, -0.05) is 28.8 Å². The van der Waals surface area contributed by atoms with Crippen LogP contribution in [-0.4, -0.2) is 33.2 Å². The van der Waals surface area contributed by atoms with Gasteiger partial charge in [0, 0.05) is 23.1 Å². The van der Waals surface area contributed by atoms with E-state index in [2.05, 4.69) is 15.0 Å². The molecule has 3 rings (SSSR count). The minimum atomic E-state index is -4.65. The van der Waals surface area contributed by atoms with Crippen LogP contribution in [0.1, 0.15) is 18.2 Å². The van der Waals surface area contributed by atoms with E-state index in [1.54, 1.807) is 12.1 Å². The quantitative estimate of drug-likeness (QED) is 0.278. The number of halogens is 1. The van der Waals surface area contributed by atoms with Crippen molar-refractivity contribution in [2.75, 3.05) is 6.54 Å². The highest BCUT2D eigenvalue weighted by atomic mass is 35.5. The summed E-state index contributed by atoms with van der Waals surface area (Å²) < 4.78 is 29.6. The van der Waals surface area contributed by atoms with Crippen LogP contribution in [0.15, 0.2) is 45.2 Å². The number of benzene rings is 1.